The van der Waals surface area contributed by atoms with Crippen LogP contribution in [-0.4, -0.2) is 31.9 Å². The zero-order valence-electron chi connectivity index (χ0n) is 6.43. The molecule has 0 aliphatic carbocycles. The summed E-state index contributed by atoms with van der Waals surface area (Å²) in [5.41, 5.74) is 0. The summed E-state index contributed by atoms with van der Waals surface area (Å²) in [6.45, 7) is 0. The lowest BCUT2D eigenvalue weighted by Crippen LogP contribution is -2.03. The predicted molar refractivity (Wildman–Crippen MR) is 41.0 cm³/mol. The molecule has 0 aliphatic rings. The fraction of sp³-hybridized carbons (Fsp3) is 0.400. The van der Waals surface area contributed by atoms with E-state index in [0.29, 0.717) is 5.16 Å². The number of aromatic nitrogens is 4. The van der Waals surface area contributed by atoms with E-state index in [4.69, 9.17) is 0 Å². The van der Waals surface area contributed by atoms with Gasteiger partial charge in [0.15, 0.2) is 0 Å². The van der Waals surface area contributed by atoms with E-state index >= 15 is 0 Å². The number of hydrogen-bond donors (Lipinski definition) is 0. The summed E-state index contributed by atoms with van der Waals surface area (Å²) in [5, 5.41) is 11.2. The third-order valence-electron chi connectivity index (χ3n) is 1.06. The van der Waals surface area contributed by atoms with Crippen LogP contribution in [0.1, 0.15) is 0 Å². The first kappa shape index (κ1) is 8.98. The van der Waals surface area contributed by atoms with Gasteiger partial charge in [0.25, 0.3) is 0 Å². The molecule has 1 aromatic rings. The van der Waals surface area contributed by atoms with E-state index in [9.17, 15) is 4.79 Å². The number of rotatable bonds is 3. The number of thioether (sulfide) groups is 1. The van der Waals surface area contributed by atoms with Crippen molar-refractivity contribution in [3.05, 3.63) is 7.11 Å². The van der Waals surface area contributed by atoms with Crippen molar-refractivity contribution in [2.45, 2.75) is 5.16 Å². The summed E-state index contributed by atoms with van der Waals surface area (Å²) >= 11 is 1.20. The molecular formula is C5H7N4O2S. The number of esters is 1. The summed E-state index contributed by atoms with van der Waals surface area (Å²) < 4.78 is 5.67. The van der Waals surface area contributed by atoms with E-state index < -0.39 is 5.97 Å². The van der Waals surface area contributed by atoms with Gasteiger partial charge in [-0.05, 0) is 10.4 Å². The summed E-state index contributed by atoms with van der Waals surface area (Å²) in [5.74, 6) is -0.236. The highest BCUT2D eigenvalue weighted by molar-refractivity contribution is 7.99. The minimum absolute atomic E-state index is 0.164. The van der Waals surface area contributed by atoms with E-state index in [2.05, 4.69) is 27.4 Å². The quantitative estimate of drug-likeness (QED) is 0.475. The Bertz CT molecular complexity index is 274. The average molecular weight is 187 g/mol. The van der Waals surface area contributed by atoms with Crippen LogP contribution in [0, 0.1) is 7.11 Å². The fourth-order valence-electron chi connectivity index (χ4n) is 0.509. The van der Waals surface area contributed by atoms with Crippen LogP contribution >= 0.6 is 11.8 Å². The fourth-order valence-corrected chi connectivity index (χ4v) is 1.16. The molecule has 12 heavy (non-hydrogen) atoms. The minimum Gasteiger partial charge on any atom is -0.461 e. The number of ether oxygens (including phenoxy) is 1. The molecule has 0 aromatic carbocycles. The van der Waals surface area contributed by atoms with Gasteiger partial charge >= 0.3 is 5.97 Å². The van der Waals surface area contributed by atoms with Gasteiger partial charge in [-0.2, -0.15) is 0 Å². The van der Waals surface area contributed by atoms with Gasteiger partial charge in [0.05, 0.1) is 5.75 Å². The van der Waals surface area contributed by atoms with Crippen molar-refractivity contribution in [3.8, 4) is 0 Å². The third kappa shape index (κ3) is 2.19. The van der Waals surface area contributed by atoms with E-state index in [1.807, 2.05) is 0 Å². The lowest BCUT2D eigenvalue weighted by molar-refractivity contribution is -0.135. The Hall–Kier alpha value is -1.11. The van der Waals surface area contributed by atoms with Crippen molar-refractivity contribution in [1.29, 1.82) is 0 Å². The molecule has 0 bridgehead atoms. The highest BCUT2D eigenvalue weighted by Crippen LogP contribution is 2.11. The van der Waals surface area contributed by atoms with Crippen LogP contribution in [0.2, 0.25) is 0 Å². The summed E-state index contributed by atoms with van der Waals surface area (Å²) in [4.78, 5) is 10.6. The first-order valence-corrected chi connectivity index (χ1v) is 4.02. The lowest BCUT2D eigenvalue weighted by Gasteiger charge is -1.96. The summed E-state index contributed by atoms with van der Waals surface area (Å²) in [6.07, 6.45) is 0. The smallest absolute Gasteiger partial charge is 0.316 e. The van der Waals surface area contributed by atoms with Gasteiger partial charge in [-0.15, -0.1) is 5.10 Å². The Balaban J connectivity index is 2.43. The van der Waals surface area contributed by atoms with Crippen LogP contribution in [-0.2, 0) is 16.6 Å². The maximum atomic E-state index is 10.6. The Morgan fingerprint density at radius 3 is 3.08 bits per heavy atom. The normalized spacial score (nSPS) is 9.83. The van der Waals surface area contributed by atoms with Crippen LogP contribution in [0.4, 0.5) is 0 Å². The van der Waals surface area contributed by atoms with Crippen LogP contribution < -0.4 is 0 Å². The van der Waals surface area contributed by atoms with Crippen molar-refractivity contribution in [3.63, 3.8) is 0 Å². The van der Waals surface area contributed by atoms with Crippen LogP contribution in [0.15, 0.2) is 5.16 Å². The Labute approximate surface area is 73.3 Å². The molecule has 1 radical (unpaired) electrons. The van der Waals surface area contributed by atoms with Gasteiger partial charge in [0.2, 0.25) is 5.16 Å². The molecule has 6 nitrogen and oxygen atoms in total. The third-order valence-corrected chi connectivity index (χ3v) is 2.05. The zero-order valence-corrected chi connectivity index (χ0v) is 7.24. The van der Waals surface area contributed by atoms with Crippen molar-refractivity contribution in [2.75, 3.05) is 5.75 Å². The summed E-state index contributed by atoms with van der Waals surface area (Å²) in [7, 11) is 4.68. The number of hydrogen-bond acceptors (Lipinski definition) is 6. The molecule has 0 saturated carbocycles. The topological polar surface area (TPSA) is 69.9 Å². The van der Waals surface area contributed by atoms with E-state index in [0.717, 1.165) is 0 Å². The van der Waals surface area contributed by atoms with Crippen LogP contribution in [0.5, 0.6) is 0 Å². The largest absolute Gasteiger partial charge is 0.461 e. The van der Waals surface area contributed by atoms with Crippen LogP contribution in [0.3, 0.4) is 0 Å². The second kappa shape index (κ2) is 4.05. The van der Waals surface area contributed by atoms with E-state index in [1.54, 1.807) is 7.05 Å². The average Bonchev–Trinajstić information content (AvgIpc) is 2.47. The molecule has 0 atom stereocenters. The highest BCUT2D eigenvalue weighted by atomic mass is 32.2. The number of carbonyl (C=O) groups is 1. The van der Waals surface area contributed by atoms with E-state index in [-0.39, 0.29) is 5.75 Å². The van der Waals surface area contributed by atoms with Gasteiger partial charge in [-0.1, -0.05) is 11.8 Å². The molecule has 65 valence electrons. The first-order chi connectivity index (χ1) is 5.74. The Morgan fingerprint density at radius 1 is 1.83 bits per heavy atom. The maximum Gasteiger partial charge on any atom is 0.316 e. The highest BCUT2D eigenvalue weighted by Gasteiger charge is 2.06. The SMILES string of the molecule is [CH2]OC(=O)CSc1nnnn1C. The van der Waals surface area contributed by atoms with Crippen LogP contribution in [0.25, 0.3) is 0 Å². The Morgan fingerprint density at radius 2 is 2.58 bits per heavy atom. The van der Waals surface area contributed by atoms with Crippen molar-refractivity contribution < 1.29 is 9.53 Å². The first-order valence-electron chi connectivity index (χ1n) is 3.04. The van der Waals surface area contributed by atoms with Gasteiger partial charge < -0.3 is 4.74 Å². The van der Waals surface area contributed by atoms with Crippen molar-refractivity contribution in [1.82, 2.24) is 20.2 Å². The second-order valence-corrected chi connectivity index (χ2v) is 2.83. The minimum atomic E-state index is -0.400. The van der Waals surface area contributed by atoms with Crippen molar-refractivity contribution in [2.24, 2.45) is 7.05 Å². The molecule has 0 spiro atoms. The van der Waals surface area contributed by atoms with Crippen molar-refractivity contribution >= 4 is 17.7 Å². The van der Waals surface area contributed by atoms with E-state index in [1.165, 1.54) is 16.4 Å². The number of aryl methyl sites for hydroxylation is 1. The van der Waals surface area contributed by atoms with Gasteiger partial charge in [0, 0.05) is 7.05 Å². The zero-order chi connectivity index (χ0) is 8.97. The molecule has 1 aromatic heterocycles. The number of nitrogens with zero attached hydrogens (tertiary/aromatic N) is 4. The molecule has 0 saturated heterocycles. The molecular weight excluding hydrogens is 180 g/mol. The maximum absolute atomic E-state index is 10.6. The standard InChI is InChI=1S/C5H7N4O2S/c1-9-5(6-7-8-9)12-3-4(10)11-2/h2-3H2,1H3. The molecule has 0 aliphatic heterocycles. The molecule has 1 heterocycles. The number of tetrazole rings is 1. The molecule has 0 unspecified atom stereocenters. The van der Waals surface area contributed by atoms with Gasteiger partial charge in [-0.25, -0.2) is 4.68 Å². The molecule has 1 rings (SSSR count). The number of carbonyl (C=O) groups excluding carboxylic acids is 1. The van der Waals surface area contributed by atoms with Gasteiger partial charge in [-0.3, -0.25) is 4.79 Å². The predicted octanol–water partition coefficient (Wildman–Crippen LogP) is -0.363. The van der Waals surface area contributed by atoms with Gasteiger partial charge in [0.1, 0.15) is 7.11 Å². The molecule has 0 amide bonds. The monoisotopic (exact) mass is 187 g/mol. The Kier molecular flexibility index (Phi) is 3.03. The molecule has 0 fully saturated rings. The molecule has 0 N–H and O–H groups in total. The lowest BCUT2D eigenvalue weighted by atomic mass is 10.8. The summed E-state index contributed by atoms with van der Waals surface area (Å²) in [6, 6.07) is 0. The molecule has 7 heteroatoms. The second-order valence-electron chi connectivity index (χ2n) is 1.89.